The van der Waals surface area contributed by atoms with Crippen LogP contribution < -0.4 is 10.6 Å². The first kappa shape index (κ1) is 22.5. The first-order valence-corrected chi connectivity index (χ1v) is 11.1. The SMILES string of the molecule is C=C(C)C(=C(C)C)c1csc2c(N[C@@H](C)CN3CCNCC3)ncnc12.CC. The molecular weight excluding hydrogens is 366 g/mol. The van der Waals surface area contributed by atoms with Crippen LogP contribution in [0.2, 0.25) is 0 Å². The second-order valence-electron chi connectivity index (χ2n) is 7.30. The quantitative estimate of drug-likeness (QED) is 0.682. The third kappa shape index (κ3) is 5.40. The molecule has 0 bridgehead atoms. The van der Waals surface area contributed by atoms with Crippen LogP contribution in [0.4, 0.5) is 5.82 Å². The highest BCUT2D eigenvalue weighted by molar-refractivity contribution is 7.18. The standard InChI is InChI=1S/C20H29N5S.C2H6/c1-13(2)17(14(3)4)16-11-26-19-18(16)22-12-23-20(19)24-15(5)10-25-8-6-21-7-9-25;1-2/h11-12,15,21H,1,6-10H2,2-5H3,(H,22,23,24);1-2H3/t15-;/m0./s1. The van der Waals surface area contributed by atoms with Crippen molar-refractivity contribution in [3.63, 3.8) is 0 Å². The average molecular weight is 402 g/mol. The van der Waals surface area contributed by atoms with Gasteiger partial charge in [-0.25, -0.2) is 9.97 Å². The molecule has 0 aliphatic carbocycles. The Morgan fingerprint density at radius 2 is 1.93 bits per heavy atom. The van der Waals surface area contributed by atoms with Crippen molar-refractivity contribution in [1.29, 1.82) is 0 Å². The molecule has 3 rings (SSSR count). The molecule has 2 aromatic rings. The number of thiophene rings is 1. The van der Waals surface area contributed by atoms with E-state index >= 15 is 0 Å². The van der Waals surface area contributed by atoms with Crippen LogP contribution in [0.3, 0.4) is 0 Å². The summed E-state index contributed by atoms with van der Waals surface area (Å²) in [5.74, 6) is 0.934. The maximum Gasteiger partial charge on any atom is 0.147 e. The highest BCUT2D eigenvalue weighted by Crippen LogP contribution is 2.36. The molecule has 1 fully saturated rings. The van der Waals surface area contributed by atoms with Gasteiger partial charge >= 0.3 is 0 Å². The minimum absolute atomic E-state index is 0.334. The lowest BCUT2D eigenvalue weighted by atomic mass is 9.97. The van der Waals surface area contributed by atoms with Crippen molar-refractivity contribution < 1.29 is 0 Å². The van der Waals surface area contributed by atoms with Crippen LogP contribution in [0.5, 0.6) is 0 Å². The van der Waals surface area contributed by atoms with Gasteiger partial charge in [0.05, 0.1) is 10.2 Å². The second-order valence-corrected chi connectivity index (χ2v) is 8.18. The second kappa shape index (κ2) is 10.7. The number of piperazine rings is 1. The van der Waals surface area contributed by atoms with Gasteiger partial charge in [-0.3, -0.25) is 4.90 Å². The Bertz CT molecular complexity index is 813. The lowest BCUT2D eigenvalue weighted by molar-refractivity contribution is 0.235. The Hall–Kier alpha value is -1.76. The summed E-state index contributed by atoms with van der Waals surface area (Å²) < 4.78 is 1.12. The molecule has 1 aliphatic heterocycles. The number of nitrogens with zero attached hydrogens (tertiary/aromatic N) is 3. The van der Waals surface area contributed by atoms with Gasteiger partial charge in [-0.15, -0.1) is 11.3 Å². The van der Waals surface area contributed by atoms with Gasteiger partial charge in [0.15, 0.2) is 0 Å². The summed E-state index contributed by atoms with van der Waals surface area (Å²) in [6.07, 6.45) is 1.67. The summed E-state index contributed by atoms with van der Waals surface area (Å²) in [4.78, 5) is 11.6. The number of rotatable bonds is 6. The lowest BCUT2D eigenvalue weighted by Crippen LogP contribution is -2.47. The molecule has 3 heterocycles. The predicted molar refractivity (Wildman–Crippen MR) is 124 cm³/mol. The van der Waals surface area contributed by atoms with Crippen LogP contribution in [-0.2, 0) is 0 Å². The Balaban J connectivity index is 0.00000136. The van der Waals surface area contributed by atoms with Crippen molar-refractivity contribution in [2.45, 2.75) is 47.6 Å². The molecule has 1 atom stereocenters. The maximum absolute atomic E-state index is 4.58. The van der Waals surface area contributed by atoms with E-state index in [4.69, 9.17) is 0 Å². The molecule has 154 valence electrons. The topological polar surface area (TPSA) is 53.1 Å². The molecule has 0 amide bonds. The van der Waals surface area contributed by atoms with Crippen molar-refractivity contribution >= 4 is 32.9 Å². The molecule has 2 aromatic heterocycles. The molecule has 0 unspecified atom stereocenters. The van der Waals surface area contributed by atoms with Crippen LogP contribution in [0.15, 0.2) is 29.4 Å². The molecule has 2 N–H and O–H groups in total. The summed E-state index contributed by atoms with van der Waals surface area (Å²) in [6, 6.07) is 0.334. The van der Waals surface area contributed by atoms with Gasteiger partial charge in [0.1, 0.15) is 12.1 Å². The van der Waals surface area contributed by atoms with Gasteiger partial charge in [-0.05, 0) is 33.3 Å². The molecule has 28 heavy (non-hydrogen) atoms. The minimum atomic E-state index is 0.334. The van der Waals surface area contributed by atoms with Crippen molar-refractivity contribution in [3.8, 4) is 0 Å². The van der Waals surface area contributed by atoms with E-state index in [0.29, 0.717) is 6.04 Å². The number of aromatic nitrogens is 2. The molecule has 1 saturated heterocycles. The Morgan fingerprint density at radius 1 is 1.25 bits per heavy atom. The van der Waals surface area contributed by atoms with E-state index in [2.05, 4.69) is 65.2 Å². The molecule has 6 heteroatoms. The average Bonchev–Trinajstić information content (AvgIpc) is 3.08. The third-order valence-electron chi connectivity index (χ3n) is 4.67. The summed E-state index contributed by atoms with van der Waals surface area (Å²) in [5.41, 5.74) is 5.72. The Morgan fingerprint density at radius 3 is 2.54 bits per heavy atom. The van der Waals surface area contributed by atoms with E-state index < -0.39 is 0 Å². The summed E-state index contributed by atoms with van der Waals surface area (Å²) in [5, 5.41) is 9.19. The number of nitrogens with one attached hydrogen (secondary N) is 2. The largest absolute Gasteiger partial charge is 0.365 e. The molecule has 0 spiro atoms. The summed E-state index contributed by atoms with van der Waals surface area (Å²) >= 11 is 1.71. The van der Waals surface area contributed by atoms with Crippen molar-refractivity contribution in [1.82, 2.24) is 20.2 Å². The number of hydrogen-bond acceptors (Lipinski definition) is 6. The fourth-order valence-corrected chi connectivity index (χ4v) is 4.58. The Labute approximate surface area is 174 Å². The number of allylic oxidation sites excluding steroid dienone is 3. The van der Waals surface area contributed by atoms with E-state index in [1.54, 1.807) is 17.7 Å². The van der Waals surface area contributed by atoms with Gasteiger partial charge < -0.3 is 10.6 Å². The van der Waals surface area contributed by atoms with Crippen LogP contribution in [0, 0.1) is 0 Å². The molecule has 1 aliphatic rings. The van der Waals surface area contributed by atoms with Crippen molar-refractivity contribution in [3.05, 3.63) is 35.0 Å². The van der Waals surface area contributed by atoms with Crippen molar-refractivity contribution in [2.24, 2.45) is 0 Å². The van der Waals surface area contributed by atoms with Crippen LogP contribution in [0.1, 0.15) is 47.1 Å². The number of fused-ring (bicyclic) bond motifs is 1. The fraction of sp³-hybridized carbons (Fsp3) is 0.545. The monoisotopic (exact) mass is 401 g/mol. The normalized spacial score (nSPS) is 15.5. The minimum Gasteiger partial charge on any atom is -0.365 e. The fourth-order valence-electron chi connectivity index (χ4n) is 3.62. The molecule has 0 aromatic carbocycles. The lowest BCUT2D eigenvalue weighted by Gasteiger charge is -2.30. The highest BCUT2D eigenvalue weighted by Gasteiger charge is 2.18. The van der Waals surface area contributed by atoms with Gasteiger partial charge in [0.2, 0.25) is 0 Å². The van der Waals surface area contributed by atoms with Crippen LogP contribution >= 0.6 is 11.3 Å². The predicted octanol–water partition coefficient (Wildman–Crippen LogP) is 4.79. The van der Waals surface area contributed by atoms with E-state index in [-0.39, 0.29) is 0 Å². The van der Waals surface area contributed by atoms with Crippen LogP contribution in [0.25, 0.3) is 15.8 Å². The molecule has 5 nitrogen and oxygen atoms in total. The van der Waals surface area contributed by atoms with E-state index in [9.17, 15) is 0 Å². The van der Waals surface area contributed by atoms with Gasteiger partial charge in [-0.2, -0.15) is 0 Å². The molecular formula is C22H35N5S. The molecule has 0 radical (unpaired) electrons. The first-order valence-electron chi connectivity index (χ1n) is 10.2. The highest BCUT2D eigenvalue weighted by atomic mass is 32.1. The van der Waals surface area contributed by atoms with Gasteiger partial charge in [-0.1, -0.05) is 31.6 Å². The zero-order valence-corrected chi connectivity index (χ0v) is 19.0. The zero-order chi connectivity index (χ0) is 20.7. The summed E-state index contributed by atoms with van der Waals surface area (Å²) in [6.45, 7) is 22.1. The summed E-state index contributed by atoms with van der Waals surface area (Å²) in [7, 11) is 0. The Kier molecular flexibility index (Phi) is 8.60. The van der Waals surface area contributed by atoms with Gasteiger partial charge in [0, 0.05) is 49.7 Å². The smallest absolute Gasteiger partial charge is 0.147 e. The van der Waals surface area contributed by atoms with E-state index in [0.717, 1.165) is 59.9 Å². The number of anilines is 1. The third-order valence-corrected chi connectivity index (χ3v) is 5.65. The molecule has 0 saturated carbocycles. The zero-order valence-electron chi connectivity index (χ0n) is 18.2. The van der Waals surface area contributed by atoms with Gasteiger partial charge in [0.25, 0.3) is 0 Å². The van der Waals surface area contributed by atoms with Crippen LogP contribution in [-0.4, -0.2) is 53.6 Å². The van der Waals surface area contributed by atoms with Crippen molar-refractivity contribution in [2.75, 3.05) is 38.0 Å². The van der Waals surface area contributed by atoms with E-state index in [1.807, 2.05) is 13.8 Å². The van der Waals surface area contributed by atoms with E-state index in [1.165, 1.54) is 11.1 Å². The maximum atomic E-state index is 4.58. The number of hydrogen-bond donors (Lipinski definition) is 2. The first-order chi connectivity index (χ1) is 13.5.